The number of benzene rings is 1. The van der Waals surface area contributed by atoms with Crippen LogP contribution in [0.15, 0.2) is 18.2 Å². The number of rotatable bonds is 5. The molecule has 0 aromatic heterocycles. The Balaban J connectivity index is 2.06. The number of ether oxygens (including phenoxy) is 1. The van der Waals surface area contributed by atoms with Crippen LogP contribution >= 0.6 is 0 Å². The monoisotopic (exact) mass is 271 g/mol. The Morgan fingerprint density at radius 2 is 2.11 bits per heavy atom. The minimum absolute atomic E-state index is 0.272. The summed E-state index contributed by atoms with van der Waals surface area (Å²) in [7, 11) is -1.92. The lowest BCUT2D eigenvalue weighted by Gasteiger charge is -2.15. The van der Waals surface area contributed by atoms with E-state index in [-0.39, 0.29) is 6.54 Å². The predicted octanol–water partition coefficient (Wildman–Crippen LogP) is 0.0652. The van der Waals surface area contributed by atoms with Gasteiger partial charge in [0.2, 0.25) is 0 Å². The molecule has 1 heterocycles. The van der Waals surface area contributed by atoms with E-state index < -0.39 is 10.2 Å². The Kier molecular flexibility index (Phi) is 3.86. The fourth-order valence-electron chi connectivity index (χ4n) is 1.92. The average molecular weight is 271 g/mol. The lowest BCUT2D eigenvalue weighted by molar-refractivity contribution is 0.203. The normalized spacial score (nSPS) is 15.8. The smallest absolute Gasteiger partial charge is 0.280 e. The summed E-state index contributed by atoms with van der Waals surface area (Å²) in [4.78, 5) is 0. The molecular weight excluding hydrogens is 254 g/mol. The molecule has 0 amide bonds. The third-order valence-corrected chi connectivity index (χ3v) is 4.36. The Labute approximate surface area is 107 Å². The van der Waals surface area contributed by atoms with Crippen molar-refractivity contribution in [2.24, 2.45) is 0 Å². The van der Waals surface area contributed by atoms with E-state index in [0.717, 1.165) is 11.1 Å². The number of nitrogen functional groups attached to an aromatic ring is 1. The number of hydrogen-bond donors (Lipinski definition) is 2. The molecule has 100 valence electrons. The molecule has 2 rings (SSSR count). The highest BCUT2D eigenvalue weighted by Gasteiger charge is 2.28. The molecule has 3 N–H and O–H groups in total. The van der Waals surface area contributed by atoms with Crippen molar-refractivity contribution in [3.8, 4) is 0 Å². The SMILES string of the molecule is COCCNS(=O)(=O)N1Cc2ccc(N)cc2C1. The van der Waals surface area contributed by atoms with Crippen LogP contribution < -0.4 is 10.5 Å². The van der Waals surface area contributed by atoms with Gasteiger partial charge in [0.1, 0.15) is 0 Å². The van der Waals surface area contributed by atoms with Gasteiger partial charge in [0.15, 0.2) is 0 Å². The fourth-order valence-corrected chi connectivity index (χ4v) is 3.06. The Bertz CT molecular complexity index is 530. The lowest BCUT2D eigenvalue weighted by Crippen LogP contribution is -2.38. The zero-order chi connectivity index (χ0) is 13.2. The van der Waals surface area contributed by atoms with Crippen molar-refractivity contribution >= 4 is 15.9 Å². The lowest BCUT2D eigenvalue weighted by atomic mass is 10.1. The molecule has 7 heteroatoms. The molecule has 1 aromatic rings. The van der Waals surface area contributed by atoms with Gasteiger partial charge in [-0.3, -0.25) is 0 Å². The van der Waals surface area contributed by atoms with Crippen LogP contribution in [0.25, 0.3) is 0 Å². The highest BCUT2D eigenvalue weighted by atomic mass is 32.2. The van der Waals surface area contributed by atoms with Crippen LogP contribution in [-0.4, -0.2) is 33.0 Å². The highest BCUT2D eigenvalue weighted by Crippen LogP contribution is 2.26. The number of nitrogens with two attached hydrogens (primary N) is 1. The first-order chi connectivity index (χ1) is 8.53. The standard InChI is InChI=1S/C11H17N3O3S/c1-17-5-4-13-18(15,16)14-7-9-2-3-11(12)6-10(9)8-14/h2-3,6,13H,4-5,7-8,12H2,1H3. The van der Waals surface area contributed by atoms with E-state index in [1.54, 1.807) is 6.07 Å². The second kappa shape index (κ2) is 5.23. The van der Waals surface area contributed by atoms with Gasteiger partial charge in [-0.25, -0.2) is 0 Å². The molecule has 1 aliphatic rings. The zero-order valence-electron chi connectivity index (χ0n) is 10.2. The van der Waals surface area contributed by atoms with Gasteiger partial charge in [0.25, 0.3) is 10.2 Å². The van der Waals surface area contributed by atoms with Gasteiger partial charge in [0.05, 0.1) is 6.61 Å². The molecule has 6 nitrogen and oxygen atoms in total. The minimum atomic E-state index is -3.45. The quantitative estimate of drug-likeness (QED) is 0.586. The summed E-state index contributed by atoms with van der Waals surface area (Å²) in [6.07, 6.45) is 0. The molecule has 1 aliphatic heterocycles. The molecule has 0 aliphatic carbocycles. The van der Waals surface area contributed by atoms with Crippen molar-refractivity contribution in [3.63, 3.8) is 0 Å². The van der Waals surface area contributed by atoms with E-state index in [0.29, 0.717) is 25.4 Å². The molecule has 18 heavy (non-hydrogen) atoms. The topological polar surface area (TPSA) is 84.7 Å². The van der Waals surface area contributed by atoms with E-state index in [9.17, 15) is 8.42 Å². The largest absolute Gasteiger partial charge is 0.399 e. The molecular formula is C11H17N3O3S. The second-order valence-electron chi connectivity index (χ2n) is 4.19. The fraction of sp³-hybridized carbons (Fsp3) is 0.455. The van der Waals surface area contributed by atoms with E-state index in [1.807, 2.05) is 12.1 Å². The van der Waals surface area contributed by atoms with Gasteiger partial charge in [-0.2, -0.15) is 17.4 Å². The molecule has 0 bridgehead atoms. The summed E-state index contributed by atoms with van der Waals surface area (Å²) in [6.45, 7) is 1.38. The summed E-state index contributed by atoms with van der Waals surface area (Å²) in [5.41, 5.74) is 8.30. The van der Waals surface area contributed by atoms with Gasteiger partial charge in [-0.1, -0.05) is 6.07 Å². The summed E-state index contributed by atoms with van der Waals surface area (Å²) < 4.78 is 32.7. The van der Waals surface area contributed by atoms with Crippen molar-refractivity contribution in [2.45, 2.75) is 13.1 Å². The first-order valence-electron chi connectivity index (χ1n) is 5.64. The zero-order valence-corrected chi connectivity index (χ0v) is 11.0. The molecule has 0 atom stereocenters. The molecule has 1 aromatic carbocycles. The maximum atomic E-state index is 12.0. The van der Waals surface area contributed by atoms with Gasteiger partial charge in [0, 0.05) is 32.4 Å². The summed E-state index contributed by atoms with van der Waals surface area (Å²) >= 11 is 0. The van der Waals surface area contributed by atoms with Crippen LogP contribution in [0.3, 0.4) is 0 Å². The number of anilines is 1. The van der Waals surface area contributed by atoms with E-state index >= 15 is 0 Å². The predicted molar refractivity (Wildman–Crippen MR) is 68.9 cm³/mol. The number of fused-ring (bicyclic) bond motifs is 1. The van der Waals surface area contributed by atoms with Gasteiger partial charge >= 0.3 is 0 Å². The summed E-state index contributed by atoms with van der Waals surface area (Å²) in [6, 6.07) is 5.47. The Morgan fingerprint density at radius 1 is 1.39 bits per heavy atom. The highest BCUT2D eigenvalue weighted by molar-refractivity contribution is 7.87. The first kappa shape index (κ1) is 13.3. The Hall–Kier alpha value is -1.15. The molecule has 0 fully saturated rings. The third-order valence-electron chi connectivity index (χ3n) is 2.85. The van der Waals surface area contributed by atoms with Crippen molar-refractivity contribution in [1.82, 2.24) is 9.03 Å². The third kappa shape index (κ3) is 2.81. The van der Waals surface area contributed by atoms with Gasteiger partial charge in [-0.05, 0) is 23.3 Å². The maximum Gasteiger partial charge on any atom is 0.280 e. The number of methoxy groups -OCH3 is 1. The molecule has 0 saturated heterocycles. The second-order valence-corrected chi connectivity index (χ2v) is 5.94. The van der Waals surface area contributed by atoms with Crippen LogP contribution in [0, 0.1) is 0 Å². The molecule has 0 unspecified atom stereocenters. The van der Waals surface area contributed by atoms with Crippen LogP contribution in [0.2, 0.25) is 0 Å². The number of nitrogens with one attached hydrogen (secondary N) is 1. The van der Waals surface area contributed by atoms with Crippen LogP contribution in [0.1, 0.15) is 11.1 Å². The van der Waals surface area contributed by atoms with Crippen LogP contribution in [0.5, 0.6) is 0 Å². The van der Waals surface area contributed by atoms with E-state index in [2.05, 4.69) is 4.72 Å². The van der Waals surface area contributed by atoms with Crippen molar-refractivity contribution < 1.29 is 13.2 Å². The molecule has 0 spiro atoms. The molecule has 0 saturated carbocycles. The van der Waals surface area contributed by atoms with Crippen molar-refractivity contribution in [1.29, 1.82) is 0 Å². The van der Waals surface area contributed by atoms with Crippen molar-refractivity contribution in [3.05, 3.63) is 29.3 Å². The van der Waals surface area contributed by atoms with Gasteiger partial charge < -0.3 is 10.5 Å². The van der Waals surface area contributed by atoms with Gasteiger partial charge in [-0.15, -0.1) is 0 Å². The summed E-state index contributed by atoms with van der Waals surface area (Å²) in [5.74, 6) is 0. The van der Waals surface area contributed by atoms with Crippen LogP contribution in [0.4, 0.5) is 5.69 Å². The van der Waals surface area contributed by atoms with E-state index in [4.69, 9.17) is 10.5 Å². The number of hydrogen-bond acceptors (Lipinski definition) is 4. The number of nitrogens with zero attached hydrogens (tertiary/aromatic N) is 1. The Morgan fingerprint density at radius 3 is 2.83 bits per heavy atom. The van der Waals surface area contributed by atoms with Crippen LogP contribution in [-0.2, 0) is 28.0 Å². The van der Waals surface area contributed by atoms with E-state index in [1.165, 1.54) is 11.4 Å². The van der Waals surface area contributed by atoms with Crippen molar-refractivity contribution in [2.75, 3.05) is 26.0 Å². The maximum absolute atomic E-state index is 12.0. The summed E-state index contributed by atoms with van der Waals surface area (Å²) in [5, 5.41) is 0. The molecule has 0 radical (unpaired) electrons. The average Bonchev–Trinajstić information content (AvgIpc) is 2.72. The minimum Gasteiger partial charge on any atom is -0.399 e. The first-order valence-corrected chi connectivity index (χ1v) is 7.08.